The van der Waals surface area contributed by atoms with Crippen molar-refractivity contribution in [3.8, 4) is 10.4 Å². The lowest BCUT2D eigenvalue weighted by Crippen LogP contribution is -2.16. The highest BCUT2D eigenvalue weighted by molar-refractivity contribution is 7.13. The number of pyridine rings is 1. The Morgan fingerprint density at radius 2 is 2.12 bits per heavy atom. The Hall–Kier alpha value is -2.99. The van der Waals surface area contributed by atoms with Crippen molar-refractivity contribution >= 4 is 33.8 Å². The Labute approximate surface area is 142 Å². The van der Waals surface area contributed by atoms with Crippen LogP contribution in [0.5, 0.6) is 0 Å². The maximum atomic E-state index is 12.3. The molecule has 3 heterocycles. The fourth-order valence-corrected chi connectivity index (χ4v) is 3.28. The molecule has 24 heavy (non-hydrogen) atoms. The van der Waals surface area contributed by atoms with Crippen molar-refractivity contribution in [1.82, 2.24) is 14.8 Å². The van der Waals surface area contributed by atoms with E-state index in [9.17, 15) is 4.79 Å². The highest BCUT2D eigenvalue weighted by atomic mass is 32.1. The molecule has 0 radical (unpaired) electrons. The SMILES string of the molecule is Cn1nccc1C(=O)Nc1ccc2cc(-c3cccs3)cnc2c1. The summed E-state index contributed by atoms with van der Waals surface area (Å²) in [4.78, 5) is 18.0. The van der Waals surface area contributed by atoms with Crippen LogP contribution >= 0.6 is 11.3 Å². The van der Waals surface area contributed by atoms with Crippen LogP contribution in [0.4, 0.5) is 5.69 Å². The van der Waals surface area contributed by atoms with Crippen molar-refractivity contribution in [2.45, 2.75) is 0 Å². The molecule has 118 valence electrons. The summed E-state index contributed by atoms with van der Waals surface area (Å²) >= 11 is 1.69. The first-order valence-electron chi connectivity index (χ1n) is 7.44. The summed E-state index contributed by atoms with van der Waals surface area (Å²) in [6, 6.07) is 13.6. The minimum Gasteiger partial charge on any atom is -0.321 e. The average molecular weight is 334 g/mol. The number of aromatic nitrogens is 3. The molecule has 4 aromatic rings. The second kappa shape index (κ2) is 5.90. The van der Waals surface area contributed by atoms with Crippen LogP contribution in [-0.4, -0.2) is 20.7 Å². The molecule has 0 atom stereocenters. The molecule has 0 aliphatic rings. The van der Waals surface area contributed by atoms with Gasteiger partial charge >= 0.3 is 0 Å². The fraction of sp³-hybridized carbons (Fsp3) is 0.0556. The van der Waals surface area contributed by atoms with Crippen LogP contribution in [0.3, 0.4) is 0 Å². The van der Waals surface area contributed by atoms with Crippen LogP contribution < -0.4 is 5.32 Å². The van der Waals surface area contributed by atoms with Gasteiger partial charge in [0.15, 0.2) is 0 Å². The smallest absolute Gasteiger partial charge is 0.273 e. The second-order valence-electron chi connectivity index (χ2n) is 5.40. The van der Waals surface area contributed by atoms with E-state index in [0.717, 1.165) is 16.5 Å². The van der Waals surface area contributed by atoms with Gasteiger partial charge in [0.2, 0.25) is 0 Å². The van der Waals surface area contributed by atoms with Gasteiger partial charge in [0.25, 0.3) is 5.91 Å². The standard InChI is InChI=1S/C18H14N4OS/c1-22-16(6-7-20-22)18(23)21-14-5-4-12-9-13(11-19-15(12)10-14)17-3-2-8-24-17/h2-11H,1H3,(H,21,23). The van der Waals surface area contributed by atoms with Crippen molar-refractivity contribution in [3.05, 3.63) is 65.9 Å². The molecular weight excluding hydrogens is 320 g/mol. The lowest BCUT2D eigenvalue weighted by Gasteiger charge is -2.07. The normalized spacial score (nSPS) is 10.9. The van der Waals surface area contributed by atoms with Crippen LogP contribution in [0.15, 0.2) is 60.2 Å². The average Bonchev–Trinajstić information content (AvgIpc) is 3.26. The van der Waals surface area contributed by atoms with Gasteiger partial charge in [0.1, 0.15) is 5.69 Å². The zero-order valence-electron chi connectivity index (χ0n) is 12.9. The first-order chi connectivity index (χ1) is 11.7. The number of rotatable bonds is 3. The molecule has 0 aliphatic carbocycles. The lowest BCUT2D eigenvalue weighted by molar-refractivity contribution is 0.101. The van der Waals surface area contributed by atoms with Crippen molar-refractivity contribution in [2.75, 3.05) is 5.32 Å². The van der Waals surface area contributed by atoms with E-state index in [4.69, 9.17) is 0 Å². The van der Waals surface area contributed by atoms with Crippen molar-refractivity contribution in [2.24, 2.45) is 7.05 Å². The third kappa shape index (κ3) is 2.68. The molecule has 1 N–H and O–H groups in total. The van der Waals surface area contributed by atoms with E-state index in [-0.39, 0.29) is 5.91 Å². The fourth-order valence-electron chi connectivity index (χ4n) is 2.57. The molecule has 0 unspecified atom stereocenters. The van der Waals surface area contributed by atoms with Crippen molar-refractivity contribution in [3.63, 3.8) is 0 Å². The summed E-state index contributed by atoms with van der Waals surface area (Å²) in [5, 5.41) is 9.98. The lowest BCUT2D eigenvalue weighted by atomic mass is 10.1. The van der Waals surface area contributed by atoms with Gasteiger partial charge in [-0.1, -0.05) is 12.1 Å². The largest absolute Gasteiger partial charge is 0.321 e. The van der Waals surface area contributed by atoms with E-state index in [1.54, 1.807) is 35.3 Å². The monoisotopic (exact) mass is 334 g/mol. The Kier molecular flexibility index (Phi) is 3.59. The number of nitrogens with zero attached hydrogens (tertiary/aromatic N) is 3. The van der Waals surface area contributed by atoms with E-state index < -0.39 is 0 Å². The Balaban J connectivity index is 1.63. The summed E-state index contributed by atoms with van der Waals surface area (Å²) in [7, 11) is 1.74. The molecule has 4 rings (SSSR count). The first-order valence-corrected chi connectivity index (χ1v) is 8.32. The summed E-state index contributed by atoms with van der Waals surface area (Å²) in [6.07, 6.45) is 3.46. The third-order valence-corrected chi connectivity index (χ3v) is 4.72. The number of anilines is 1. The molecule has 3 aromatic heterocycles. The Morgan fingerprint density at radius 3 is 2.88 bits per heavy atom. The first kappa shape index (κ1) is 14.6. The quantitative estimate of drug-likeness (QED) is 0.617. The Bertz CT molecular complexity index is 1020. The molecule has 1 aromatic carbocycles. The van der Waals surface area contributed by atoms with Gasteiger partial charge in [-0.2, -0.15) is 5.10 Å². The molecule has 0 saturated heterocycles. The molecule has 5 nitrogen and oxygen atoms in total. The third-order valence-electron chi connectivity index (χ3n) is 3.80. The summed E-state index contributed by atoms with van der Waals surface area (Å²) in [5.74, 6) is -0.190. The number of nitrogens with one attached hydrogen (secondary N) is 1. The predicted octanol–water partition coefficient (Wildman–Crippen LogP) is 3.95. The van der Waals surface area contributed by atoms with Gasteiger partial charge < -0.3 is 5.32 Å². The zero-order chi connectivity index (χ0) is 16.5. The van der Waals surface area contributed by atoms with E-state index in [1.807, 2.05) is 30.5 Å². The van der Waals surface area contributed by atoms with Crippen LogP contribution in [0.25, 0.3) is 21.3 Å². The predicted molar refractivity (Wildman–Crippen MR) is 96.2 cm³/mol. The number of hydrogen-bond donors (Lipinski definition) is 1. The van der Waals surface area contributed by atoms with E-state index >= 15 is 0 Å². The molecule has 0 spiro atoms. The summed E-state index contributed by atoms with van der Waals surface area (Å²) in [6.45, 7) is 0. The van der Waals surface area contributed by atoms with Crippen LogP contribution in [-0.2, 0) is 7.05 Å². The van der Waals surface area contributed by atoms with Gasteiger partial charge in [-0.15, -0.1) is 11.3 Å². The number of carbonyl (C=O) groups excluding carboxylic acids is 1. The number of fused-ring (bicyclic) bond motifs is 1. The van der Waals surface area contributed by atoms with Crippen LogP contribution in [0.2, 0.25) is 0 Å². The number of benzene rings is 1. The van der Waals surface area contributed by atoms with Crippen molar-refractivity contribution in [1.29, 1.82) is 0 Å². The van der Waals surface area contributed by atoms with Gasteiger partial charge in [-0.25, -0.2) is 0 Å². The van der Waals surface area contributed by atoms with E-state index in [0.29, 0.717) is 11.4 Å². The number of amides is 1. The molecule has 1 amide bonds. The van der Waals surface area contributed by atoms with Gasteiger partial charge in [-0.05, 0) is 35.7 Å². The van der Waals surface area contributed by atoms with E-state index in [1.165, 1.54) is 4.88 Å². The molecule has 0 aliphatic heterocycles. The van der Waals surface area contributed by atoms with Crippen LogP contribution in [0, 0.1) is 0 Å². The second-order valence-corrected chi connectivity index (χ2v) is 6.35. The van der Waals surface area contributed by atoms with Crippen molar-refractivity contribution < 1.29 is 4.79 Å². The summed E-state index contributed by atoms with van der Waals surface area (Å²) < 4.78 is 1.54. The molecule has 6 heteroatoms. The summed E-state index contributed by atoms with van der Waals surface area (Å²) in [5.41, 5.74) is 3.17. The minimum atomic E-state index is -0.190. The topological polar surface area (TPSA) is 59.8 Å². The maximum Gasteiger partial charge on any atom is 0.273 e. The Morgan fingerprint density at radius 1 is 1.21 bits per heavy atom. The van der Waals surface area contributed by atoms with Gasteiger partial charge in [0, 0.05) is 41.0 Å². The van der Waals surface area contributed by atoms with E-state index in [2.05, 4.69) is 32.9 Å². The molecule has 0 fully saturated rings. The molecular formula is C18H14N4OS. The number of hydrogen-bond acceptors (Lipinski definition) is 4. The number of carbonyl (C=O) groups is 1. The zero-order valence-corrected chi connectivity index (χ0v) is 13.7. The highest BCUT2D eigenvalue weighted by Crippen LogP contribution is 2.27. The maximum absolute atomic E-state index is 12.3. The molecule has 0 bridgehead atoms. The number of aryl methyl sites for hydroxylation is 1. The number of thiophene rings is 1. The van der Waals surface area contributed by atoms with Gasteiger partial charge in [0.05, 0.1) is 5.52 Å². The van der Waals surface area contributed by atoms with Crippen LogP contribution in [0.1, 0.15) is 10.5 Å². The van der Waals surface area contributed by atoms with Gasteiger partial charge in [-0.3, -0.25) is 14.5 Å². The molecule has 0 saturated carbocycles. The minimum absolute atomic E-state index is 0.190. The highest BCUT2D eigenvalue weighted by Gasteiger charge is 2.10.